The Morgan fingerprint density at radius 1 is 1.09 bits per heavy atom. The Bertz CT molecular complexity index is 1200. The highest BCUT2D eigenvalue weighted by atomic mass is 16.5. The lowest BCUT2D eigenvalue weighted by Gasteiger charge is -2.30. The third kappa shape index (κ3) is 5.32. The molecule has 5 nitrogen and oxygen atoms in total. The Morgan fingerprint density at radius 2 is 1.85 bits per heavy atom. The number of nitrogens with zero attached hydrogens (tertiary/aromatic N) is 1. The largest absolute Gasteiger partial charge is 0.482 e. The zero-order valence-electron chi connectivity index (χ0n) is 19.2. The second-order valence-corrected chi connectivity index (χ2v) is 8.52. The molecule has 1 N–H and O–H groups in total. The van der Waals surface area contributed by atoms with Gasteiger partial charge in [0.15, 0.2) is 6.61 Å². The number of aryl methyl sites for hydroxylation is 1. The molecule has 0 saturated carbocycles. The first-order valence-electron chi connectivity index (χ1n) is 11.1. The molecule has 0 unspecified atom stereocenters. The number of amides is 2. The fourth-order valence-electron chi connectivity index (χ4n) is 3.76. The number of rotatable bonds is 6. The third-order valence-electron chi connectivity index (χ3n) is 5.79. The molecule has 0 bridgehead atoms. The lowest BCUT2D eigenvalue weighted by atomic mass is 10.0. The molecule has 3 aromatic rings. The summed E-state index contributed by atoms with van der Waals surface area (Å²) in [4.78, 5) is 26.8. The molecule has 5 heteroatoms. The van der Waals surface area contributed by atoms with Gasteiger partial charge in [-0.1, -0.05) is 62.4 Å². The molecule has 0 fully saturated rings. The summed E-state index contributed by atoms with van der Waals surface area (Å²) in [7, 11) is 0. The van der Waals surface area contributed by atoms with Crippen molar-refractivity contribution in [2.45, 2.75) is 33.2 Å². The van der Waals surface area contributed by atoms with E-state index in [2.05, 4.69) is 31.3 Å². The number of ether oxygens (including phenoxy) is 1. The highest BCUT2D eigenvalue weighted by Gasteiger charge is 2.26. The van der Waals surface area contributed by atoms with Gasteiger partial charge in [-0.25, -0.2) is 0 Å². The fourth-order valence-corrected chi connectivity index (χ4v) is 3.76. The van der Waals surface area contributed by atoms with Gasteiger partial charge >= 0.3 is 0 Å². The molecule has 3 aromatic carbocycles. The van der Waals surface area contributed by atoms with Gasteiger partial charge in [-0.2, -0.15) is 0 Å². The molecule has 1 aliphatic heterocycles. The molecule has 168 valence electrons. The van der Waals surface area contributed by atoms with Gasteiger partial charge in [0.2, 0.25) is 5.91 Å². The minimum Gasteiger partial charge on any atom is -0.482 e. The van der Waals surface area contributed by atoms with Crippen LogP contribution in [0.25, 0.3) is 6.08 Å². The van der Waals surface area contributed by atoms with Crippen LogP contribution in [0.5, 0.6) is 5.75 Å². The topological polar surface area (TPSA) is 58.6 Å². The molecule has 0 spiro atoms. The van der Waals surface area contributed by atoms with E-state index in [9.17, 15) is 9.59 Å². The zero-order valence-corrected chi connectivity index (χ0v) is 19.2. The van der Waals surface area contributed by atoms with Crippen LogP contribution in [0.15, 0.2) is 72.8 Å². The van der Waals surface area contributed by atoms with Gasteiger partial charge in [-0.05, 0) is 59.4 Å². The predicted octanol–water partition coefficient (Wildman–Crippen LogP) is 5.70. The number of fused-ring (bicyclic) bond motifs is 1. The van der Waals surface area contributed by atoms with Gasteiger partial charge in [0, 0.05) is 11.8 Å². The Hall–Kier alpha value is -3.86. The smallest absolute Gasteiger partial charge is 0.265 e. The first kappa shape index (κ1) is 22.3. The van der Waals surface area contributed by atoms with Crippen molar-refractivity contribution in [1.82, 2.24) is 0 Å². The number of anilines is 2. The van der Waals surface area contributed by atoms with E-state index in [-0.39, 0.29) is 18.4 Å². The lowest BCUT2D eigenvalue weighted by Crippen LogP contribution is -2.38. The van der Waals surface area contributed by atoms with Crippen molar-refractivity contribution in [2.24, 2.45) is 0 Å². The van der Waals surface area contributed by atoms with Crippen LogP contribution in [-0.2, 0) is 16.1 Å². The Labute approximate surface area is 194 Å². The maximum absolute atomic E-state index is 12.6. The van der Waals surface area contributed by atoms with Crippen LogP contribution in [-0.4, -0.2) is 18.4 Å². The van der Waals surface area contributed by atoms with E-state index in [0.29, 0.717) is 29.6 Å². The van der Waals surface area contributed by atoms with E-state index in [1.165, 1.54) is 11.6 Å². The quantitative estimate of drug-likeness (QED) is 0.501. The molecule has 1 aliphatic rings. The van der Waals surface area contributed by atoms with Crippen molar-refractivity contribution in [3.8, 4) is 5.75 Å². The first-order valence-corrected chi connectivity index (χ1v) is 11.1. The summed E-state index contributed by atoms with van der Waals surface area (Å²) in [6.45, 7) is 6.78. The zero-order chi connectivity index (χ0) is 23.4. The maximum atomic E-state index is 12.6. The molecule has 1 heterocycles. The van der Waals surface area contributed by atoms with Gasteiger partial charge in [-0.3, -0.25) is 9.59 Å². The van der Waals surface area contributed by atoms with Crippen LogP contribution in [0.3, 0.4) is 0 Å². The molecule has 4 rings (SSSR count). The van der Waals surface area contributed by atoms with Gasteiger partial charge in [0.05, 0.1) is 12.2 Å². The maximum Gasteiger partial charge on any atom is 0.265 e. The van der Waals surface area contributed by atoms with Crippen LogP contribution in [0.1, 0.15) is 42.0 Å². The molecule has 33 heavy (non-hydrogen) atoms. The molecule has 0 saturated heterocycles. The first-order chi connectivity index (χ1) is 15.9. The van der Waals surface area contributed by atoms with Gasteiger partial charge < -0.3 is 15.0 Å². The summed E-state index contributed by atoms with van der Waals surface area (Å²) in [6.07, 6.45) is 3.30. The normalized spacial score (nSPS) is 13.2. The summed E-state index contributed by atoms with van der Waals surface area (Å²) in [5, 5.41) is 2.88. The SMILES string of the molecule is Cc1ccccc1CN1C(=O)COc2ccc(NC(=O)/C=C/c3ccc(C(C)C)cc3)cc21. The Kier molecular flexibility index (Phi) is 6.59. The highest BCUT2D eigenvalue weighted by molar-refractivity contribution is 6.03. The van der Waals surface area contributed by atoms with Gasteiger partial charge in [-0.15, -0.1) is 0 Å². The van der Waals surface area contributed by atoms with Crippen molar-refractivity contribution in [1.29, 1.82) is 0 Å². The average molecular weight is 441 g/mol. The predicted molar refractivity (Wildman–Crippen MR) is 133 cm³/mol. The van der Waals surface area contributed by atoms with Crippen LogP contribution in [0.4, 0.5) is 11.4 Å². The standard InChI is InChI=1S/C28H28N2O3/c1-19(2)22-11-8-21(9-12-22)10-15-27(31)29-24-13-14-26-25(16-24)30(28(32)18-33-26)17-23-7-5-4-6-20(23)3/h4-16,19H,17-18H2,1-3H3,(H,29,31)/b15-10+. The van der Waals surface area contributed by atoms with Crippen molar-refractivity contribution < 1.29 is 14.3 Å². The van der Waals surface area contributed by atoms with Crippen LogP contribution >= 0.6 is 0 Å². The molecular weight excluding hydrogens is 412 g/mol. The second kappa shape index (κ2) is 9.74. The number of carbonyl (C=O) groups excluding carboxylic acids is 2. The molecule has 0 atom stereocenters. The van der Waals surface area contributed by atoms with E-state index < -0.39 is 0 Å². The van der Waals surface area contributed by atoms with Crippen molar-refractivity contribution >= 4 is 29.3 Å². The fraction of sp³-hybridized carbons (Fsp3) is 0.214. The highest BCUT2D eigenvalue weighted by Crippen LogP contribution is 2.35. The Balaban J connectivity index is 1.49. The molecular formula is C28H28N2O3. The minimum absolute atomic E-state index is 0.00290. The minimum atomic E-state index is -0.239. The molecule has 2 amide bonds. The lowest BCUT2D eigenvalue weighted by molar-refractivity contribution is -0.121. The molecule has 0 aliphatic carbocycles. The second-order valence-electron chi connectivity index (χ2n) is 8.52. The van der Waals surface area contributed by atoms with Gasteiger partial charge in [0.25, 0.3) is 5.91 Å². The number of hydrogen-bond acceptors (Lipinski definition) is 3. The van der Waals surface area contributed by atoms with Crippen LogP contribution < -0.4 is 15.0 Å². The van der Waals surface area contributed by atoms with Crippen molar-refractivity contribution in [3.05, 3.63) is 95.1 Å². The van der Waals surface area contributed by atoms with Crippen molar-refractivity contribution in [3.63, 3.8) is 0 Å². The number of hydrogen-bond donors (Lipinski definition) is 1. The van der Waals surface area contributed by atoms with E-state index in [0.717, 1.165) is 16.7 Å². The van der Waals surface area contributed by atoms with Crippen molar-refractivity contribution in [2.75, 3.05) is 16.8 Å². The number of benzene rings is 3. The number of nitrogens with one attached hydrogen (secondary N) is 1. The van der Waals surface area contributed by atoms with E-state index in [1.807, 2.05) is 43.3 Å². The number of carbonyl (C=O) groups is 2. The third-order valence-corrected chi connectivity index (χ3v) is 5.79. The molecule has 0 radical (unpaired) electrons. The summed E-state index contributed by atoms with van der Waals surface area (Å²) < 4.78 is 5.61. The van der Waals surface area contributed by atoms with Gasteiger partial charge in [0.1, 0.15) is 5.75 Å². The summed E-state index contributed by atoms with van der Waals surface area (Å²) in [5.74, 6) is 0.744. The van der Waals surface area contributed by atoms with Crippen LogP contribution in [0.2, 0.25) is 0 Å². The average Bonchev–Trinajstić information content (AvgIpc) is 2.81. The van der Waals surface area contributed by atoms with E-state index in [4.69, 9.17) is 4.74 Å². The molecule has 0 aromatic heterocycles. The Morgan fingerprint density at radius 3 is 2.58 bits per heavy atom. The monoisotopic (exact) mass is 440 g/mol. The summed E-state index contributed by atoms with van der Waals surface area (Å²) >= 11 is 0. The van der Waals surface area contributed by atoms with E-state index in [1.54, 1.807) is 29.2 Å². The summed E-state index contributed by atoms with van der Waals surface area (Å²) in [5.41, 5.74) is 5.67. The van der Waals surface area contributed by atoms with E-state index >= 15 is 0 Å². The summed E-state index contributed by atoms with van der Waals surface area (Å²) in [6, 6.07) is 21.5. The van der Waals surface area contributed by atoms with Crippen LogP contribution in [0, 0.1) is 6.92 Å².